The van der Waals surface area contributed by atoms with E-state index in [4.69, 9.17) is 21.9 Å². The quantitative estimate of drug-likeness (QED) is 0.426. The topological polar surface area (TPSA) is 126 Å². The van der Waals surface area contributed by atoms with Gasteiger partial charge in [0.15, 0.2) is 5.76 Å². The number of hydrogen-bond donors (Lipinski definition) is 3. The van der Waals surface area contributed by atoms with Crippen molar-refractivity contribution in [2.75, 3.05) is 18.0 Å². The maximum atomic E-state index is 12.9. The minimum atomic E-state index is -0.945. The molecule has 0 bridgehead atoms. The van der Waals surface area contributed by atoms with Gasteiger partial charge in [0.05, 0.1) is 17.5 Å². The molecule has 0 saturated carbocycles. The SMILES string of the molecule is NC1(C(=O)NCc2cc(-c3ccc(Cl)cc3)no2)CCN(c2ncnc3[nH]ccc23)CC1. The molecule has 0 atom stereocenters. The molecule has 4 heterocycles. The van der Waals surface area contributed by atoms with E-state index in [0.717, 1.165) is 22.4 Å². The number of rotatable bonds is 5. The Morgan fingerprint density at radius 3 is 2.78 bits per heavy atom. The molecule has 0 spiro atoms. The fraction of sp³-hybridized carbons (Fsp3) is 0.273. The molecule has 4 aromatic rings. The highest BCUT2D eigenvalue weighted by Crippen LogP contribution is 2.28. The Balaban J connectivity index is 1.19. The Bertz CT molecular complexity index is 1240. The predicted molar refractivity (Wildman–Crippen MR) is 121 cm³/mol. The molecule has 1 aliphatic rings. The number of nitrogens with one attached hydrogen (secondary N) is 2. The Labute approximate surface area is 189 Å². The first-order valence-electron chi connectivity index (χ1n) is 10.3. The van der Waals surface area contributed by atoms with E-state index in [-0.39, 0.29) is 12.5 Å². The first-order chi connectivity index (χ1) is 15.5. The fourth-order valence-corrected chi connectivity index (χ4v) is 4.08. The van der Waals surface area contributed by atoms with Crippen LogP contribution in [0.5, 0.6) is 0 Å². The van der Waals surface area contributed by atoms with Crippen molar-refractivity contribution in [3.63, 3.8) is 0 Å². The van der Waals surface area contributed by atoms with Crippen molar-refractivity contribution < 1.29 is 9.32 Å². The summed E-state index contributed by atoms with van der Waals surface area (Å²) in [5.41, 5.74) is 7.89. The number of nitrogens with zero attached hydrogens (tertiary/aromatic N) is 4. The van der Waals surface area contributed by atoms with Gasteiger partial charge in [-0.3, -0.25) is 4.79 Å². The maximum absolute atomic E-state index is 12.9. The lowest BCUT2D eigenvalue weighted by molar-refractivity contribution is -0.127. The van der Waals surface area contributed by atoms with Crippen molar-refractivity contribution in [3.05, 3.63) is 59.7 Å². The summed E-state index contributed by atoms with van der Waals surface area (Å²) in [5.74, 6) is 1.21. The number of carbonyl (C=O) groups excluding carboxylic acids is 1. The molecule has 1 aliphatic heterocycles. The van der Waals surface area contributed by atoms with Crippen LogP contribution in [0.2, 0.25) is 5.02 Å². The molecule has 1 saturated heterocycles. The molecule has 9 nitrogen and oxygen atoms in total. The third kappa shape index (κ3) is 3.92. The third-order valence-corrected chi connectivity index (χ3v) is 6.11. The number of H-pyrrole nitrogens is 1. The fourth-order valence-electron chi connectivity index (χ4n) is 3.95. The van der Waals surface area contributed by atoms with Crippen LogP contribution in [-0.4, -0.2) is 44.6 Å². The lowest BCUT2D eigenvalue weighted by Crippen LogP contribution is -2.59. The molecule has 164 valence electrons. The molecular weight excluding hydrogens is 430 g/mol. The summed E-state index contributed by atoms with van der Waals surface area (Å²) in [6.07, 6.45) is 4.42. The van der Waals surface area contributed by atoms with Crippen LogP contribution in [0, 0.1) is 0 Å². The van der Waals surface area contributed by atoms with E-state index in [1.165, 1.54) is 0 Å². The monoisotopic (exact) mass is 451 g/mol. The second kappa shape index (κ2) is 8.25. The number of halogens is 1. The molecule has 5 rings (SSSR count). The molecule has 0 unspecified atom stereocenters. The van der Waals surface area contributed by atoms with Gasteiger partial charge in [0.1, 0.15) is 23.5 Å². The van der Waals surface area contributed by atoms with Crippen LogP contribution in [0.1, 0.15) is 18.6 Å². The predicted octanol–water partition coefficient (Wildman–Crippen LogP) is 2.88. The number of nitrogens with two attached hydrogens (primary N) is 1. The van der Waals surface area contributed by atoms with Gasteiger partial charge < -0.3 is 25.5 Å². The van der Waals surface area contributed by atoms with Crippen molar-refractivity contribution in [2.45, 2.75) is 24.9 Å². The van der Waals surface area contributed by atoms with Gasteiger partial charge in [-0.15, -0.1) is 0 Å². The van der Waals surface area contributed by atoms with E-state index < -0.39 is 5.54 Å². The molecule has 0 radical (unpaired) electrons. The summed E-state index contributed by atoms with van der Waals surface area (Å²) >= 11 is 5.93. The molecule has 10 heteroatoms. The van der Waals surface area contributed by atoms with Gasteiger partial charge in [0.2, 0.25) is 5.91 Å². The lowest BCUT2D eigenvalue weighted by atomic mass is 9.87. The third-order valence-electron chi connectivity index (χ3n) is 5.86. The van der Waals surface area contributed by atoms with E-state index in [1.54, 1.807) is 24.5 Å². The number of carbonyl (C=O) groups is 1. The summed E-state index contributed by atoms with van der Waals surface area (Å²) in [7, 11) is 0. The van der Waals surface area contributed by atoms with Crippen LogP contribution in [0.15, 0.2) is 53.4 Å². The molecular formula is C22H22ClN7O2. The average molecular weight is 452 g/mol. The minimum absolute atomic E-state index is 0.198. The molecule has 3 aromatic heterocycles. The number of benzene rings is 1. The van der Waals surface area contributed by atoms with E-state index >= 15 is 0 Å². The number of aromatic nitrogens is 4. The Morgan fingerprint density at radius 1 is 1.22 bits per heavy atom. The van der Waals surface area contributed by atoms with Crippen LogP contribution in [0.3, 0.4) is 0 Å². The number of hydrogen-bond acceptors (Lipinski definition) is 7. The van der Waals surface area contributed by atoms with Gasteiger partial charge in [-0.25, -0.2) is 9.97 Å². The van der Waals surface area contributed by atoms with E-state index in [1.807, 2.05) is 24.4 Å². The van der Waals surface area contributed by atoms with Crippen LogP contribution >= 0.6 is 11.6 Å². The van der Waals surface area contributed by atoms with Crippen molar-refractivity contribution in [2.24, 2.45) is 5.73 Å². The zero-order chi connectivity index (χ0) is 22.1. The highest BCUT2D eigenvalue weighted by atomic mass is 35.5. The van der Waals surface area contributed by atoms with E-state index in [2.05, 4.69) is 30.3 Å². The number of aromatic amines is 1. The summed E-state index contributed by atoms with van der Waals surface area (Å²) in [5, 5.41) is 8.58. The van der Waals surface area contributed by atoms with Crippen molar-refractivity contribution in [1.82, 2.24) is 25.4 Å². The standard InChI is InChI=1S/C22H22ClN7O2/c23-15-3-1-14(2-4-15)18-11-16(32-29-18)12-26-21(31)22(24)6-9-30(10-7-22)20-17-5-8-25-19(17)27-13-28-20/h1-5,8,11,13H,6-7,9-10,12,24H2,(H,26,31)(H,25,27,28). The highest BCUT2D eigenvalue weighted by molar-refractivity contribution is 6.30. The zero-order valence-electron chi connectivity index (χ0n) is 17.2. The first-order valence-corrected chi connectivity index (χ1v) is 10.7. The van der Waals surface area contributed by atoms with Gasteiger partial charge in [0, 0.05) is 35.9 Å². The minimum Gasteiger partial charge on any atom is -0.359 e. The zero-order valence-corrected chi connectivity index (χ0v) is 18.0. The van der Waals surface area contributed by atoms with Gasteiger partial charge >= 0.3 is 0 Å². The molecule has 1 fully saturated rings. The number of amides is 1. The number of piperidine rings is 1. The van der Waals surface area contributed by atoms with Crippen molar-refractivity contribution >= 4 is 34.4 Å². The molecule has 0 aliphatic carbocycles. The number of fused-ring (bicyclic) bond motifs is 1. The van der Waals surface area contributed by atoms with Gasteiger partial charge in [-0.05, 0) is 31.0 Å². The Kier molecular flexibility index (Phi) is 5.28. The maximum Gasteiger partial charge on any atom is 0.240 e. The smallest absolute Gasteiger partial charge is 0.240 e. The van der Waals surface area contributed by atoms with Gasteiger partial charge in [-0.1, -0.05) is 28.9 Å². The number of anilines is 1. The Morgan fingerprint density at radius 2 is 2.00 bits per heavy atom. The summed E-state index contributed by atoms with van der Waals surface area (Å²) in [4.78, 5) is 26.8. The van der Waals surface area contributed by atoms with E-state index in [0.29, 0.717) is 42.4 Å². The first kappa shape index (κ1) is 20.5. The molecule has 1 aromatic carbocycles. The second-order valence-electron chi connectivity index (χ2n) is 7.95. The normalized spacial score (nSPS) is 15.8. The van der Waals surface area contributed by atoms with Crippen LogP contribution in [0.25, 0.3) is 22.3 Å². The Hall–Kier alpha value is -3.43. The van der Waals surface area contributed by atoms with Crippen LogP contribution < -0.4 is 16.0 Å². The van der Waals surface area contributed by atoms with Crippen molar-refractivity contribution in [3.8, 4) is 11.3 Å². The lowest BCUT2D eigenvalue weighted by Gasteiger charge is -2.38. The molecule has 1 amide bonds. The summed E-state index contributed by atoms with van der Waals surface area (Å²) in [6, 6.07) is 11.1. The average Bonchev–Trinajstić information content (AvgIpc) is 3.48. The second-order valence-corrected chi connectivity index (χ2v) is 8.38. The van der Waals surface area contributed by atoms with E-state index in [9.17, 15) is 4.79 Å². The van der Waals surface area contributed by atoms with Crippen molar-refractivity contribution in [1.29, 1.82) is 0 Å². The largest absolute Gasteiger partial charge is 0.359 e. The van der Waals surface area contributed by atoms with Crippen LogP contribution in [0.4, 0.5) is 5.82 Å². The molecule has 4 N–H and O–H groups in total. The van der Waals surface area contributed by atoms with Gasteiger partial charge in [0.25, 0.3) is 0 Å². The van der Waals surface area contributed by atoms with Crippen LogP contribution in [-0.2, 0) is 11.3 Å². The molecule has 32 heavy (non-hydrogen) atoms. The summed E-state index contributed by atoms with van der Waals surface area (Å²) < 4.78 is 5.36. The van der Waals surface area contributed by atoms with Gasteiger partial charge in [-0.2, -0.15) is 0 Å². The summed E-state index contributed by atoms with van der Waals surface area (Å²) in [6.45, 7) is 1.48. The highest BCUT2D eigenvalue weighted by Gasteiger charge is 2.38.